The highest BCUT2D eigenvalue weighted by Gasteiger charge is 2.17. The maximum atomic E-state index is 14.4. The summed E-state index contributed by atoms with van der Waals surface area (Å²) in [6.07, 6.45) is 11.9. The topological polar surface area (TPSA) is 56.1 Å². The Balaban J connectivity index is 2.97. The summed E-state index contributed by atoms with van der Waals surface area (Å²) in [5, 5.41) is 3.27. The molecule has 0 aliphatic carbocycles. The van der Waals surface area contributed by atoms with E-state index in [9.17, 15) is 9.18 Å². The molecule has 0 spiro atoms. The second kappa shape index (κ2) is 10.0. The van der Waals surface area contributed by atoms with Crippen LogP contribution in [0.25, 0.3) is 16.7 Å². The van der Waals surface area contributed by atoms with Crippen molar-refractivity contribution in [2.24, 2.45) is 0 Å². The standard InChI is InChI=1S/C23H24FN3O2/c1-6-11-16(9-4)25-21-15-20(28)18-14-19(24)23(29-10-5)26-22(18)27(21)17(12-7-2)13-8-3/h6-9,11-15,25H,1-2,4,10H2,3,5H3/b13-8-,16-11+,17-12+. The van der Waals surface area contributed by atoms with Crippen LogP contribution in [-0.2, 0) is 0 Å². The van der Waals surface area contributed by atoms with Crippen LogP contribution in [-0.4, -0.2) is 16.2 Å². The SMILES string of the molecule is C=C/C=C(\C=C)Nc1cc(=O)c2cc(F)c(OCC)nc2n1C(/C=C\C)=C/C=C. The number of anilines is 1. The van der Waals surface area contributed by atoms with Crippen molar-refractivity contribution in [3.63, 3.8) is 0 Å². The molecule has 5 nitrogen and oxygen atoms in total. The molecule has 0 saturated carbocycles. The molecule has 0 aromatic carbocycles. The van der Waals surface area contributed by atoms with Gasteiger partial charge in [-0.2, -0.15) is 4.98 Å². The first-order valence-electron chi connectivity index (χ1n) is 9.07. The fraction of sp³-hybridized carbons (Fsp3) is 0.130. The van der Waals surface area contributed by atoms with Crippen molar-refractivity contribution >= 4 is 22.5 Å². The number of pyridine rings is 2. The largest absolute Gasteiger partial charge is 0.476 e. The quantitative estimate of drug-likeness (QED) is 0.595. The number of nitrogens with one attached hydrogen (secondary N) is 1. The molecule has 2 aromatic rings. The summed E-state index contributed by atoms with van der Waals surface area (Å²) in [7, 11) is 0. The van der Waals surface area contributed by atoms with Gasteiger partial charge in [0.25, 0.3) is 5.88 Å². The summed E-state index contributed by atoms with van der Waals surface area (Å²) < 4.78 is 21.3. The van der Waals surface area contributed by atoms with E-state index < -0.39 is 5.82 Å². The minimum Gasteiger partial charge on any atom is -0.476 e. The highest BCUT2D eigenvalue weighted by Crippen LogP contribution is 2.26. The van der Waals surface area contributed by atoms with Gasteiger partial charge in [0.15, 0.2) is 16.9 Å². The first-order chi connectivity index (χ1) is 14.0. The molecular formula is C23H24FN3O2. The number of rotatable bonds is 9. The molecule has 29 heavy (non-hydrogen) atoms. The van der Waals surface area contributed by atoms with E-state index in [1.165, 1.54) is 6.07 Å². The molecule has 0 aliphatic heterocycles. The maximum absolute atomic E-state index is 14.4. The number of hydrogen-bond donors (Lipinski definition) is 1. The highest BCUT2D eigenvalue weighted by molar-refractivity contribution is 5.84. The Kier molecular flexibility index (Phi) is 7.48. The van der Waals surface area contributed by atoms with Crippen LogP contribution in [0, 0.1) is 5.82 Å². The van der Waals surface area contributed by atoms with E-state index in [-0.39, 0.29) is 28.9 Å². The number of ether oxygens (including phenoxy) is 1. The molecular weight excluding hydrogens is 369 g/mol. The van der Waals surface area contributed by atoms with E-state index in [4.69, 9.17) is 4.74 Å². The number of nitrogens with zero attached hydrogens (tertiary/aromatic N) is 2. The van der Waals surface area contributed by atoms with E-state index in [0.29, 0.717) is 17.2 Å². The third-order valence-electron chi connectivity index (χ3n) is 3.86. The molecule has 0 fully saturated rings. The van der Waals surface area contributed by atoms with Gasteiger partial charge in [0.05, 0.1) is 12.0 Å². The second-order valence-electron chi connectivity index (χ2n) is 5.82. The zero-order valence-electron chi connectivity index (χ0n) is 16.6. The van der Waals surface area contributed by atoms with Gasteiger partial charge in [-0.3, -0.25) is 9.36 Å². The fourth-order valence-corrected chi connectivity index (χ4v) is 2.72. The van der Waals surface area contributed by atoms with Crippen molar-refractivity contribution < 1.29 is 9.13 Å². The molecule has 1 N–H and O–H groups in total. The van der Waals surface area contributed by atoms with Gasteiger partial charge in [-0.05, 0) is 44.2 Å². The summed E-state index contributed by atoms with van der Waals surface area (Å²) >= 11 is 0. The molecule has 2 heterocycles. The lowest BCUT2D eigenvalue weighted by Crippen LogP contribution is -2.16. The predicted molar refractivity (Wildman–Crippen MR) is 119 cm³/mol. The van der Waals surface area contributed by atoms with Gasteiger partial charge in [-0.15, -0.1) is 0 Å². The first kappa shape index (κ1) is 21.6. The highest BCUT2D eigenvalue weighted by atomic mass is 19.1. The molecule has 0 unspecified atom stereocenters. The third kappa shape index (κ3) is 4.79. The molecule has 0 aliphatic rings. The van der Waals surface area contributed by atoms with Crippen molar-refractivity contribution in [2.75, 3.05) is 11.9 Å². The molecule has 0 atom stereocenters. The maximum Gasteiger partial charge on any atom is 0.252 e. The number of halogens is 1. The van der Waals surface area contributed by atoms with Gasteiger partial charge in [-0.1, -0.05) is 38.0 Å². The second-order valence-corrected chi connectivity index (χ2v) is 5.82. The first-order valence-corrected chi connectivity index (χ1v) is 9.07. The third-order valence-corrected chi connectivity index (χ3v) is 3.86. The number of fused-ring (bicyclic) bond motifs is 1. The normalized spacial score (nSPS) is 12.2. The van der Waals surface area contributed by atoms with E-state index in [0.717, 1.165) is 6.07 Å². The van der Waals surface area contributed by atoms with Crippen molar-refractivity contribution in [3.8, 4) is 5.88 Å². The minimum absolute atomic E-state index is 0.129. The Bertz CT molecular complexity index is 1090. The van der Waals surface area contributed by atoms with Crippen LogP contribution >= 0.6 is 0 Å². The molecule has 2 rings (SSSR count). The van der Waals surface area contributed by atoms with Crippen molar-refractivity contribution in [2.45, 2.75) is 13.8 Å². The lowest BCUT2D eigenvalue weighted by Gasteiger charge is -2.19. The van der Waals surface area contributed by atoms with Gasteiger partial charge in [0.1, 0.15) is 5.82 Å². The molecule has 0 saturated heterocycles. The number of allylic oxidation sites excluding steroid dienone is 8. The Hall–Kier alpha value is -3.67. The van der Waals surface area contributed by atoms with Crippen LogP contribution in [0.15, 0.2) is 84.9 Å². The summed E-state index contributed by atoms with van der Waals surface area (Å²) in [6.45, 7) is 15.0. The summed E-state index contributed by atoms with van der Waals surface area (Å²) in [5.74, 6) is -0.445. The van der Waals surface area contributed by atoms with E-state index in [2.05, 4.69) is 30.0 Å². The lowest BCUT2D eigenvalue weighted by molar-refractivity contribution is 0.308. The zero-order chi connectivity index (χ0) is 21.4. The van der Waals surface area contributed by atoms with Gasteiger partial charge >= 0.3 is 0 Å². The van der Waals surface area contributed by atoms with Crippen LogP contribution in [0.4, 0.5) is 10.2 Å². The predicted octanol–water partition coefficient (Wildman–Crippen LogP) is 5.21. The molecule has 2 aromatic heterocycles. The average Bonchev–Trinajstić information content (AvgIpc) is 2.69. The average molecular weight is 393 g/mol. The van der Waals surface area contributed by atoms with Crippen LogP contribution in [0.3, 0.4) is 0 Å². The molecule has 6 heteroatoms. The molecule has 0 radical (unpaired) electrons. The van der Waals surface area contributed by atoms with Crippen molar-refractivity contribution in [1.82, 2.24) is 9.55 Å². The van der Waals surface area contributed by atoms with Gasteiger partial charge < -0.3 is 10.1 Å². The van der Waals surface area contributed by atoms with Crippen LogP contribution in [0.1, 0.15) is 13.8 Å². The molecule has 0 amide bonds. The Morgan fingerprint density at radius 2 is 2.00 bits per heavy atom. The van der Waals surface area contributed by atoms with Gasteiger partial charge in [-0.25, -0.2) is 4.39 Å². The summed E-state index contributed by atoms with van der Waals surface area (Å²) in [6, 6.07) is 2.52. The van der Waals surface area contributed by atoms with E-state index in [1.54, 1.807) is 41.9 Å². The Labute approximate surface area is 169 Å². The lowest BCUT2D eigenvalue weighted by atomic mass is 10.2. The van der Waals surface area contributed by atoms with Gasteiger partial charge in [0.2, 0.25) is 0 Å². The molecule has 0 bridgehead atoms. The number of hydrogen-bond acceptors (Lipinski definition) is 4. The smallest absolute Gasteiger partial charge is 0.252 e. The fourth-order valence-electron chi connectivity index (χ4n) is 2.72. The van der Waals surface area contributed by atoms with Crippen LogP contribution < -0.4 is 15.5 Å². The Morgan fingerprint density at radius 1 is 1.28 bits per heavy atom. The zero-order valence-corrected chi connectivity index (χ0v) is 16.6. The monoisotopic (exact) mass is 393 g/mol. The summed E-state index contributed by atoms with van der Waals surface area (Å²) in [5.41, 5.74) is 1.16. The van der Waals surface area contributed by atoms with Crippen molar-refractivity contribution in [3.05, 3.63) is 96.1 Å². The number of aromatic nitrogens is 2. The van der Waals surface area contributed by atoms with Gasteiger partial charge in [0, 0.05) is 17.5 Å². The van der Waals surface area contributed by atoms with Crippen LogP contribution in [0.2, 0.25) is 0 Å². The Morgan fingerprint density at radius 3 is 2.59 bits per heavy atom. The van der Waals surface area contributed by atoms with Crippen LogP contribution in [0.5, 0.6) is 5.88 Å². The van der Waals surface area contributed by atoms with Crippen molar-refractivity contribution in [1.29, 1.82) is 0 Å². The van der Waals surface area contributed by atoms with E-state index in [1.807, 2.05) is 19.1 Å². The summed E-state index contributed by atoms with van der Waals surface area (Å²) in [4.78, 5) is 17.0. The molecule has 150 valence electrons. The minimum atomic E-state index is -0.692. The van der Waals surface area contributed by atoms with E-state index >= 15 is 0 Å².